The third-order valence-electron chi connectivity index (χ3n) is 4.29. The molecule has 19 heavy (non-hydrogen) atoms. The number of nitrogens with two attached hydrogens (primary N) is 1. The Morgan fingerprint density at radius 2 is 2.00 bits per heavy atom. The van der Waals surface area contributed by atoms with Crippen LogP contribution in [-0.2, 0) is 10.2 Å². The van der Waals surface area contributed by atoms with E-state index >= 15 is 0 Å². The van der Waals surface area contributed by atoms with Gasteiger partial charge in [0.25, 0.3) is 0 Å². The predicted octanol–water partition coefficient (Wildman–Crippen LogP) is 1.19. The second kappa shape index (κ2) is 4.53. The lowest BCUT2D eigenvalue weighted by atomic mass is 9.94. The highest BCUT2D eigenvalue weighted by Gasteiger charge is 2.51. The lowest BCUT2D eigenvalue weighted by Gasteiger charge is -2.17. The van der Waals surface area contributed by atoms with E-state index in [-0.39, 0.29) is 17.4 Å². The van der Waals surface area contributed by atoms with Crippen molar-refractivity contribution in [1.82, 2.24) is 5.32 Å². The molecule has 2 saturated carbocycles. The highest BCUT2D eigenvalue weighted by atomic mass is 16.3. The van der Waals surface area contributed by atoms with Gasteiger partial charge in [0, 0.05) is 12.2 Å². The smallest absolute Gasteiger partial charge is 0.230 e. The number of nitrogens with one attached hydrogen (secondary N) is 1. The molecule has 0 spiro atoms. The van der Waals surface area contributed by atoms with Crippen molar-refractivity contribution in [1.29, 1.82) is 0 Å². The van der Waals surface area contributed by atoms with Crippen LogP contribution in [0.5, 0.6) is 0 Å². The van der Waals surface area contributed by atoms with E-state index in [4.69, 9.17) is 5.73 Å². The molecule has 1 unspecified atom stereocenters. The van der Waals surface area contributed by atoms with Gasteiger partial charge >= 0.3 is 0 Å². The molecule has 1 atom stereocenters. The molecule has 102 valence electrons. The van der Waals surface area contributed by atoms with E-state index < -0.39 is 0 Å². The van der Waals surface area contributed by atoms with Crippen LogP contribution in [-0.4, -0.2) is 23.7 Å². The number of nitrogen functional groups attached to an aromatic ring is 1. The molecule has 2 fully saturated rings. The zero-order valence-electron chi connectivity index (χ0n) is 10.9. The second-order valence-electron chi connectivity index (χ2n) is 5.82. The Hall–Kier alpha value is -1.55. The topological polar surface area (TPSA) is 75.4 Å². The van der Waals surface area contributed by atoms with Gasteiger partial charge in [-0.15, -0.1) is 0 Å². The highest BCUT2D eigenvalue weighted by molar-refractivity contribution is 5.91. The van der Waals surface area contributed by atoms with Crippen LogP contribution in [0.3, 0.4) is 0 Å². The summed E-state index contributed by atoms with van der Waals surface area (Å²) in [5, 5.41) is 12.7. The normalized spacial score (nSPS) is 21.7. The summed E-state index contributed by atoms with van der Waals surface area (Å²) in [5.41, 5.74) is 7.03. The second-order valence-corrected chi connectivity index (χ2v) is 5.82. The number of anilines is 1. The number of carbonyl (C=O) groups is 1. The average Bonchev–Trinajstić information content (AvgIpc) is 3.29. The molecule has 3 rings (SSSR count). The van der Waals surface area contributed by atoms with Crippen molar-refractivity contribution >= 4 is 11.6 Å². The first-order valence-electron chi connectivity index (χ1n) is 6.94. The Labute approximate surface area is 113 Å². The van der Waals surface area contributed by atoms with E-state index in [0.717, 1.165) is 31.2 Å². The number of aliphatic hydroxyl groups is 1. The van der Waals surface area contributed by atoms with E-state index in [1.54, 1.807) is 0 Å². The molecule has 0 aliphatic heterocycles. The molecular weight excluding hydrogens is 240 g/mol. The Balaban J connectivity index is 1.63. The number of amides is 1. The third kappa shape index (κ3) is 2.45. The van der Waals surface area contributed by atoms with Crippen molar-refractivity contribution in [2.45, 2.75) is 37.2 Å². The van der Waals surface area contributed by atoms with Gasteiger partial charge in [0.05, 0.1) is 11.5 Å². The molecule has 4 N–H and O–H groups in total. The van der Waals surface area contributed by atoms with E-state index in [1.165, 1.54) is 0 Å². The van der Waals surface area contributed by atoms with Gasteiger partial charge in [-0.1, -0.05) is 12.1 Å². The summed E-state index contributed by atoms with van der Waals surface area (Å²) in [6.45, 7) is 0.375. The molecule has 2 aliphatic rings. The largest absolute Gasteiger partial charge is 0.399 e. The van der Waals surface area contributed by atoms with Crippen LogP contribution < -0.4 is 11.1 Å². The van der Waals surface area contributed by atoms with E-state index in [9.17, 15) is 9.90 Å². The predicted molar refractivity (Wildman–Crippen MR) is 73.5 cm³/mol. The minimum absolute atomic E-state index is 0.0389. The molecule has 0 bridgehead atoms. The van der Waals surface area contributed by atoms with Crippen molar-refractivity contribution in [3.63, 3.8) is 0 Å². The van der Waals surface area contributed by atoms with Crippen LogP contribution >= 0.6 is 0 Å². The standard InChI is InChI=1S/C15H20N2O2/c16-12-5-3-11(4-6-12)15(7-8-15)14(19)17-9-13(18)10-1-2-10/h3-6,10,13,18H,1-2,7-9,16H2,(H,17,19). The van der Waals surface area contributed by atoms with Crippen molar-refractivity contribution in [2.75, 3.05) is 12.3 Å². The van der Waals surface area contributed by atoms with Crippen LogP contribution in [0.4, 0.5) is 5.69 Å². The first kappa shape index (κ1) is 12.5. The first-order chi connectivity index (χ1) is 9.12. The van der Waals surface area contributed by atoms with Crippen LogP contribution in [0, 0.1) is 5.92 Å². The minimum atomic E-state index is -0.383. The van der Waals surface area contributed by atoms with Crippen molar-refractivity contribution in [2.24, 2.45) is 5.92 Å². The molecule has 4 nitrogen and oxygen atoms in total. The number of hydrogen-bond acceptors (Lipinski definition) is 3. The molecule has 2 aliphatic carbocycles. The van der Waals surface area contributed by atoms with Gasteiger partial charge in [-0.25, -0.2) is 0 Å². The lowest BCUT2D eigenvalue weighted by Crippen LogP contribution is -2.39. The minimum Gasteiger partial charge on any atom is -0.399 e. The van der Waals surface area contributed by atoms with E-state index in [2.05, 4.69) is 5.32 Å². The highest BCUT2D eigenvalue weighted by Crippen LogP contribution is 2.48. The Morgan fingerprint density at radius 1 is 1.37 bits per heavy atom. The summed E-state index contributed by atoms with van der Waals surface area (Å²) in [6, 6.07) is 7.53. The van der Waals surface area contributed by atoms with Gasteiger partial charge in [-0.3, -0.25) is 4.79 Å². The number of carbonyl (C=O) groups excluding carboxylic acids is 1. The summed E-state index contributed by atoms with van der Waals surface area (Å²) < 4.78 is 0. The molecular formula is C15H20N2O2. The molecule has 0 aromatic heterocycles. The zero-order valence-corrected chi connectivity index (χ0v) is 10.9. The van der Waals surface area contributed by atoms with Crippen LogP contribution in [0.2, 0.25) is 0 Å². The van der Waals surface area contributed by atoms with Gasteiger partial charge < -0.3 is 16.2 Å². The van der Waals surface area contributed by atoms with Crippen molar-refractivity contribution in [3.8, 4) is 0 Å². The lowest BCUT2D eigenvalue weighted by molar-refractivity contribution is -0.124. The number of rotatable bonds is 5. The summed E-state index contributed by atoms with van der Waals surface area (Å²) in [5.74, 6) is 0.434. The number of hydrogen-bond donors (Lipinski definition) is 3. The summed E-state index contributed by atoms with van der Waals surface area (Å²) in [7, 11) is 0. The van der Waals surface area contributed by atoms with Crippen molar-refractivity contribution in [3.05, 3.63) is 29.8 Å². The van der Waals surface area contributed by atoms with E-state index in [0.29, 0.717) is 18.2 Å². The molecule has 0 heterocycles. The Morgan fingerprint density at radius 3 is 2.53 bits per heavy atom. The molecule has 4 heteroatoms. The van der Waals surface area contributed by atoms with Gasteiger partial charge in [-0.05, 0) is 49.3 Å². The summed E-state index contributed by atoms with van der Waals surface area (Å²) >= 11 is 0. The van der Waals surface area contributed by atoms with E-state index in [1.807, 2.05) is 24.3 Å². The van der Waals surface area contributed by atoms with Crippen LogP contribution in [0.25, 0.3) is 0 Å². The maximum absolute atomic E-state index is 12.3. The number of aliphatic hydroxyl groups excluding tert-OH is 1. The van der Waals surface area contributed by atoms with Crippen molar-refractivity contribution < 1.29 is 9.90 Å². The maximum Gasteiger partial charge on any atom is 0.230 e. The fraction of sp³-hybridized carbons (Fsp3) is 0.533. The Kier molecular flexibility index (Phi) is 2.97. The first-order valence-corrected chi connectivity index (χ1v) is 6.94. The zero-order chi connectivity index (χ0) is 13.5. The summed E-state index contributed by atoms with van der Waals surface area (Å²) in [4.78, 5) is 12.3. The van der Waals surface area contributed by atoms with Gasteiger partial charge in [-0.2, -0.15) is 0 Å². The van der Waals surface area contributed by atoms with Gasteiger partial charge in [0.1, 0.15) is 0 Å². The molecule has 1 amide bonds. The molecule has 1 aromatic carbocycles. The third-order valence-corrected chi connectivity index (χ3v) is 4.29. The quantitative estimate of drug-likeness (QED) is 0.696. The van der Waals surface area contributed by atoms with Crippen LogP contribution in [0.1, 0.15) is 31.2 Å². The fourth-order valence-corrected chi connectivity index (χ4v) is 2.59. The fourth-order valence-electron chi connectivity index (χ4n) is 2.59. The maximum atomic E-state index is 12.3. The molecule has 0 radical (unpaired) electrons. The van der Waals surface area contributed by atoms with Gasteiger partial charge in [0.15, 0.2) is 0 Å². The SMILES string of the molecule is Nc1ccc(C2(C(=O)NCC(O)C3CC3)CC2)cc1. The summed E-state index contributed by atoms with van der Waals surface area (Å²) in [6.07, 6.45) is 3.54. The molecule has 1 aromatic rings. The monoisotopic (exact) mass is 260 g/mol. The van der Waals surface area contributed by atoms with Gasteiger partial charge in [0.2, 0.25) is 5.91 Å². The molecule has 0 saturated heterocycles. The Bertz CT molecular complexity index is 475. The average molecular weight is 260 g/mol. The number of benzene rings is 1. The van der Waals surface area contributed by atoms with Crippen LogP contribution in [0.15, 0.2) is 24.3 Å².